The average molecular weight is 417 g/mol. The molecule has 174 valence electrons. The highest BCUT2D eigenvalue weighted by atomic mass is 14.8. The summed E-state index contributed by atoms with van der Waals surface area (Å²) in [5.74, 6) is 0. The SMILES string of the molecule is CCCCCCCCCCCCc1cc(CCCCCCCCCCCC)ncn1. The van der Waals surface area contributed by atoms with Gasteiger partial charge >= 0.3 is 0 Å². The number of aromatic nitrogens is 2. The first-order valence-corrected chi connectivity index (χ1v) is 13.7. The van der Waals surface area contributed by atoms with Crippen LogP contribution in [0.5, 0.6) is 0 Å². The van der Waals surface area contributed by atoms with Crippen LogP contribution in [0.4, 0.5) is 0 Å². The summed E-state index contributed by atoms with van der Waals surface area (Å²) in [6.45, 7) is 4.58. The van der Waals surface area contributed by atoms with Gasteiger partial charge in [-0.05, 0) is 31.7 Å². The molecule has 0 bridgehead atoms. The number of nitrogens with zero attached hydrogens (tertiary/aromatic N) is 2. The van der Waals surface area contributed by atoms with Crippen LogP contribution in [-0.4, -0.2) is 9.97 Å². The molecule has 0 saturated heterocycles. The van der Waals surface area contributed by atoms with Gasteiger partial charge in [-0.2, -0.15) is 0 Å². The summed E-state index contributed by atoms with van der Waals surface area (Å²) in [7, 11) is 0. The fourth-order valence-corrected chi connectivity index (χ4v) is 4.30. The Bertz CT molecular complexity index is 432. The molecule has 2 heteroatoms. The molecule has 0 radical (unpaired) electrons. The van der Waals surface area contributed by atoms with E-state index in [1.54, 1.807) is 6.33 Å². The molecule has 1 aromatic heterocycles. The van der Waals surface area contributed by atoms with Gasteiger partial charge in [-0.1, -0.05) is 129 Å². The van der Waals surface area contributed by atoms with Crippen molar-refractivity contribution in [3.05, 3.63) is 23.8 Å². The van der Waals surface area contributed by atoms with E-state index in [4.69, 9.17) is 0 Å². The zero-order chi connectivity index (χ0) is 21.5. The van der Waals surface area contributed by atoms with E-state index in [9.17, 15) is 0 Å². The predicted octanol–water partition coefficient (Wildman–Crippen LogP) is 9.40. The van der Waals surface area contributed by atoms with E-state index < -0.39 is 0 Å². The number of hydrogen-bond donors (Lipinski definition) is 0. The summed E-state index contributed by atoms with van der Waals surface area (Å²) in [4.78, 5) is 9.01. The maximum atomic E-state index is 4.50. The van der Waals surface area contributed by atoms with Crippen LogP contribution in [-0.2, 0) is 12.8 Å². The molecule has 1 aromatic rings. The summed E-state index contributed by atoms with van der Waals surface area (Å²) >= 11 is 0. The highest BCUT2D eigenvalue weighted by Crippen LogP contribution is 2.14. The first kappa shape index (κ1) is 27.1. The Kier molecular flexibility index (Phi) is 19.3. The molecule has 0 fully saturated rings. The molecule has 0 aliphatic rings. The van der Waals surface area contributed by atoms with Gasteiger partial charge in [0.25, 0.3) is 0 Å². The van der Waals surface area contributed by atoms with Crippen molar-refractivity contribution in [2.24, 2.45) is 0 Å². The Labute approximate surface area is 189 Å². The number of aryl methyl sites for hydroxylation is 2. The first-order valence-electron chi connectivity index (χ1n) is 13.7. The number of unbranched alkanes of at least 4 members (excludes halogenated alkanes) is 18. The quantitative estimate of drug-likeness (QED) is 0.176. The third kappa shape index (κ3) is 16.8. The van der Waals surface area contributed by atoms with Gasteiger partial charge in [-0.3, -0.25) is 0 Å². The normalized spacial score (nSPS) is 11.3. The Balaban J connectivity index is 1.97. The van der Waals surface area contributed by atoms with E-state index in [0.717, 1.165) is 12.8 Å². The minimum Gasteiger partial charge on any atom is -0.241 e. The van der Waals surface area contributed by atoms with Crippen molar-refractivity contribution in [2.45, 2.75) is 155 Å². The lowest BCUT2D eigenvalue weighted by Gasteiger charge is -2.05. The molecule has 0 N–H and O–H groups in total. The van der Waals surface area contributed by atoms with Crippen LogP contribution in [0.2, 0.25) is 0 Å². The van der Waals surface area contributed by atoms with Crippen molar-refractivity contribution in [3.8, 4) is 0 Å². The minimum absolute atomic E-state index is 1.13. The molecule has 0 aromatic carbocycles. The molecule has 1 heterocycles. The number of hydrogen-bond acceptors (Lipinski definition) is 2. The molecule has 0 aliphatic carbocycles. The molecule has 30 heavy (non-hydrogen) atoms. The molecular formula is C28H52N2. The third-order valence-electron chi connectivity index (χ3n) is 6.35. The van der Waals surface area contributed by atoms with E-state index in [1.165, 1.54) is 140 Å². The second kappa shape index (κ2) is 21.3. The monoisotopic (exact) mass is 416 g/mol. The molecule has 0 aliphatic heterocycles. The van der Waals surface area contributed by atoms with Gasteiger partial charge in [0.1, 0.15) is 6.33 Å². The molecule has 2 nitrogen and oxygen atoms in total. The van der Waals surface area contributed by atoms with Gasteiger partial charge in [-0.15, -0.1) is 0 Å². The Morgan fingerprint density at radius 2 is 0.733 bits per heavy atom. The van der Waals surface area contributed by atoms with Crippen LogP contribution >= 0.6 is 0 Å². The van der Waals surface area contributed by atoms with Gasteiger partial charge < -0.3 is 0 Å². The number of rotatable bonds is 22. The second-order valence-corrected chi connectivity index (χ2v) is 9.36. The fraction of sp³-hybridized carbons (Fsp3) is 0.857. The van der Waals surface area contributed by atoms with Crippen LogP contribution in [0, 0.1) is 0 Å². The summed E-state index contributed by atoms with van der Waals surface area (Å²) in [6, 6.07) is 2.27. The van der Waals surface area contributed by atoms with E-state index in [1.807, 2.05) is 0 Å². The predicted molar refractivity (Wildman–Crippen MR) is 133 cm³/mol. The maximum absolute atomic E-state index is 4.50. The van der Waals surface area contributed by atoms with Crippen molar-refractivity contribution in [2.75, 3.05) is 0 Å². The van der Waals surface area contributed by atoms with Gasteiger partial charge in [0.2, 0.25) is 0 Å². The Morgan fingerprint density at radius 3 is 1.07 bits per heavy atom. The van der Waals surface area contributed by atoms with Crippen molar-refractivity contribution in [1.82, 2.24) is 9.97 Å². The summed E-state index contributed by atoms with van der Waals surface area (Å²) in [5, 5.41) is 0. The van der Waals surface area contributed by atoms with E-state index >= 15 is 0 Å². The van der Waals surface area contributed by atoms with Crippen molar-refractivity contribution in [3.63, 3.8) is 0 Å². The lowest BCUT2D eigenvalue weighted by atomic mass is 10.0. The smallest absolute Gasteiger partial charge is 0.115 e. The topological polar surface area (TPSA) is 25.8 Å². The molecule has 0 amide bonds. The first-order chi connectivity index (χ1) is 14.9. The highest BCUT2D eigenvalue weighted by Gasteiger charge is 2.01. The van der Waals surface area contributed by atoms with Crippen molar-refractivity contribution < 1.29 is 0 Å². The molecule has 0 saturated carbocycles. The maximum Gasteiger partial charge on any atom is 0.115 e. The zero-order valence-electron chi connectivity index (χ0n) is 20.6. The van der Waals surface area contributed by atoms with Crippen LogP contribution in [0.1, 0.15) is 154 Å². The minimum atomic E-state index is 1.13. The molecule has 0 atom stereocenters. The van der Waals surface area contributed by atoms with Gasteiger partial charge in [0, 0.05) is 11.4 Å². The largest absolute Gasteiger partial charge is 0.241 e. The molecule has 1 rings (SSSR count). The summed E-state index contributed by atoms with van der Waals surface area (Å²) in [5.41, 5.74) is 2.51. The second-order valence-electron chi connectivity index (χ2n) is 9.36. The average Bonchev–Trinajstić information content (AvgIpc) is 2.76. The standard InChI is InChI=1S/C28H52N2/c1-3-5-7-9-11-13-15-17-19-21-23-27-25-28(30-26-29-27)24-22-20-18-16-14-12-10-8-6-4-2/h25-26H,3-24H2,1-2H3. The third-order valence-corrected chi connectivity index (χ3v) is 6.35. The zero-order valence-corrected chi connectivity index (χ0v) is 20.6. The van der Waals surface area contributed by atoms with Crippen molar-refractivity contribution in [1.29, 1.82) is 0 Å². The lowest BCUT2D eigenvalue weighted by Crippen LogP contribution is -1.97. The van der Waals surface area contributed by atoms with Gasteiger partial charge in [0.15, 0.2) is 0 Å². The van der Waals surface area contributed by atoms with Crippen LogP contribution < -0.4 is 0 Å². The fourth-order valence-electron chi connectivity index (χ4n) is 4.30. The van der Waals surface area contributed by atoms with Gasteiger partial charge in [-0.25, -0.2) is 9.97 Å². The lowest BCUT2D eigenvalue weighted by molar-refractivity contribution is 0.553. The molecule has 0 unspecified atom stereocenters. The van der Waals surface area contributed by atoms with E-state index in [0.29, 0.717) is 0 Å². The molecule has 0 spiro atoms. The van der Waals surface area contributed by atoms with Crippen molar-refractivity contribution >= 4 is 0 Å². The van der Waals surface area contributed by atoms with Crippen LogP contribution in [0.3, 0.4) is 0 Å². The van der Waals surface area contributed by atoms with E-state index in [-0.39, 0.29) is 0 Å². The summed E-state index contributed by atoms with van der Waals surface area (Å²) in [6.07, 6.45) is 32.0. The molecular weight excluding hydrogens is 364 g/mol. The Hall–Kier alpha value is -0.920. The Morgan fingerprint density at radius 1 is 0.433 bits per heavy atom. The van der Waals surface area contributed by atoms with Crippen LogP contribution in [0.15, 0.2) is 12.4 Å². The van der Waals surface area contributed by atoms with Gasteiger partial charge in [0.05, 0.1) is 0 Å². The highest BCUT2D eigenvalue weighted by molar-refractivity contribution is 5.08. The van der Waals surface area contributed by atoms with Crippen LogP contribution in [0.25, 0.3) is 0 Å². The van der Waals surface area contributed by atoms with E-state index in [2.05, 4.69) is 29.9 Å². The summed E-state index contributed by atoms with van der Waals surface area (Å²) < 4.78 is 0.